The molecule has 12 rings (SSSR count). The highest BCUT2D eigenvalue weighted by Crippen LogP contribution is 2.76. The van der Waals surface area contributed by atoms with E-state index in [1.165, 1.54) is 19.4 Å². The van der Waals surface area contributed by atoms with Gasteiger partial charge in [0.15, 0.2) is 37.7 Å². The normalized spacial score (nSPS) is 54.8. The number of ether oxygens (including phenoxy) is 14. The molecular formula is C69H112O33. The predicted molar refractivity (Wildman–Crippen MR) is 340 cm³/mol. The van der Waals surface area contributed by atoms with Gasteiger partial charge >= 0.3 is 5.97 Å². The van der Waals surface area contributed by atoms with Crippen LogP contribution >= 0.6 is 0 Å². The summed E-state index contributed by atoms with van der Waals surface area (Å²) in [6, 6.07) is 0. The lowest BCUT2D eigenvalue weighted by Gasteiger charge is -2.71. The van der Waals surface area contributed by atoms with Crippen LogP contribution in [-0.2, 0) is 71.1 Å². The Morgan fingerprint density at radius 3 is 1.73 bits per heavy atom. The quantitative estimate of drug-likeness (QED) is 0.0393. The van der Waals surface area contributed by atoms with E-state index in [9.17, 15) is 91.9 Å². The van der Waals surface area contributed by atoms with Gasteiger partial charge < -0.3 is 158 Å². The third-order valence-electron chi connectivity index (χ3n) is 26.5. The highest BCUT2D eigenvalue weighted by Gasteiger charge is 2.71. The Bertz CT molecular complexity index is 2900. The van der Waals surface area contributed by atoms with Crippen molar-refractivity contribution in [3.8, 4) is 0 Å². The van der Waals surface area contributed by atoms with Gasteiger partial charge in [0.1, 0.15) is 140 Å². The second-order valence-corrected chi connectivity index (χ2v) is 33.4. The number of carbonyl (C=O) groups excluding carboxylic acids is 1. The first-order valence-corrected chi connectivity index (χ1v) is 36.3. The minimum atomic E-state index is -1.92. The van der Waals surface area contributed by atoms with Gasteiger partial charge in [-0.1, -0.05) is 60.1 Å². The van der Waals surface area contributed by atoms with Crippen molar-refractivity contribution >= 4 is 5.97 Å². The molecule has 4 saturated carbocycles. The Hall–Kier alpha value is -2.03. The average Bonchev–Trinajstić information content (AvgIpc) is 0.675. The number of aliphatic hydroxyl groups is 18. The highest BCUT2D eigenvalue weighted by molar-refractivity contribution is 5.79. The summed E-state index contributed by atoms with van der Waals surface area (Å²) in [5.41, 5.74) is -1.57. The average molecular weight is 1470 g/mol. The first-order valence-electron chi connectivity index (χ1n) is 36.3. The van der Waals surface area contributed by atoms with E-state index in [4.69, 9.17) is 66.3 Å². The lowest BCUT2D eigenvalue weighted by molar-refractivity contribution is -0.381. The number of hydrogen-bond donors (Lipinski definition) is 18. The van der Waals surface area contributed by atoms with Crippen LogP contribution in [0.2, 0.25) is 0 Å². The Morgan fingerprint density at radius 2 is 1.03 bits per heavy atom. The lowest BCUT2D eigenvalue weighted by Crippen LogP contribution is -2.66. The molecule has 12 aliphatic rings. The summed E-state index contributed by atoms with van der Waals surface area (Å²) in [5.74, 6) is -0.690. The molecule has 11 fully saturated rings. The molecular weight excluding hydrogens is 1360 g/mol. The Labute approximate surface area is 591 Å². The van der Waals surface area contributed by atoms with Crippen LogP contribution in [0.25, 0.3) is 0 Å². The fraction of sp³-hybridized carbons (Fsp3) is 0.957. The molecule has 586 valence electrons. The zero-order valence-electron chi connectivity index (χ0n) is 59.1. The van der Waals surface area contributed by atoms with Gasteiger partial charge in [-0.05, 0) is 123 Å². The van der Waals surface area contributed by atoms with Crippen molar-refractivity contribution in [2.75, 3.05) is 33.0 Å². The lowest BCUT2D eigenvalue weighted by atomic mass is 9.33. The van der Waals surface area contributed by atoms with Crippen LogP contribution in [-0.4, -0.2) is 334 Å². The van der Waals surface area contributed by atoms with E-state index in [1.54, 1.807) is 0 Å². The first kappa shape index (κ1) is 79.5. The third kappa shape index (κ3) is 14.0. The van der Waals surface area contributed by atoms with Crippen molar-refractivity contribution < 1.29 is 163 Å². The molecule has 5 aliphatic carbocycles. The molecule has 33 nitrogen and oxygen atoms in total. The van der Waals surface area contributed by atoms with Crippen LogP contribution in [0, 0.1) is 50.2 Å². The molecule has 40 unspecified atom stereocenters. The van der Waals surface area contributed by atoms with Crippen molar-refractivity contribution in [3.05, 3.63) is 11.6 Å². The van der Waals surface area contributed by atoms with Crippen LogP contribution in [0.15, 0.2) is 11.6 Å². The predicted octanol–water partition coefficient (Wildman–Crippen LogP) is -4.59. The summed E-state index contributed by atoms with van der Waals surface area (Å²) < 4.78 is 83.0. The second-order valence-electron chi connectivity index (χ2n) is 33.4. The molecule has 0 aromatic carbocycles. The Kier molecular flexibility index (Phi) is 23.4. The van der Waals surface area contributed by atoms with E-state index in [1.807, 2.05) is 0 Å². The van der Waals surface area contributed by atoms with Crippen LogP contribution in [0.3, 0.4) is 0 Å². The molecule has 102 heavy (non-hydrogen) atoms. The molecule has 0 aromatic rings. The molecule has 0 bridgehead atoms. The molecule has 33 heteroatoms. The fourth-order valence-corrected chi connectivity index (χ4v) is 19.9. The van der Waals surface area contributed by atoms with Crippen LogP contribution < -0.4 is 0 Å². The maximum Gasteiger partial charge on any atom is 0.315 e. The van der Waals surface area contributed by atoms with Gasteiger partial charge in [-0.25, -0.2) is 0 Å². The van der Waals surface area contributed by atoms with Crippen molar-refractivity contribution in [2.45, 2.75) is 329 Å². The van der Waals surface area contributed by atoms with Crippen molar-refractivity contribution in [3.63, 3.8) is 0 Å². The van der Waals surface area contributed by atoms with Crippen molar-refractivity contribution in [1.82, 2.24) is 0 Å². The van der Waals surface area contributed by atoms with E-state index in [-0.39, 0.29) is 47.2 Å². The second kappa shape index (κ2) is 30.0. The summed E-state index contributed by atoms with van der Waals surface area (Å²) in [6.45, 7) is 16.1. The third-order valence-corrected chi connectivity index (χ3v) is 26.5. The molecule has 0 aromatic heterocycles. The number of hydrogen-bond acceptors (Lipinski definition) is 33. The van der Waals surface area contributed by atoms with Gasteiger partial charge in [0.05, 0.1) is 56.8 Å². The molecule has 0 amide bonds. The monoisotopic (exact) mass is 1470 g/mol. The van der Waals surface area contributed by atoms with Gasteiger partial charge in [-0.3, -0.25) is 4.79 Å². The summed E-state index contributed by atoms with van der Waals surface area (Å²) in [7, 11) is 0. The Balaban J connectivity index is 0.699. The maximum absolute atomic E-state index is 15.4. The smallest absolute Gasteiger partial charge is 0.315 e. The van der Waals surface area contributed by atoms with Gasteiger partial charge in [0.2, 0.25) is 6.29 Å². The van der Waals surface area contributed by atoms with Crippen LogP contribution in [0.4, 0.5) is 0 Å². The molecule has 40 atom stereocenters. The van der Waals surface area contributed by atoms with E-state index in [2.05, 4.69) is 54.5 Å². The zero-order chi connectivity index (χ0) is 74.2. The summed E-state index contributed by atoms with van der Waals surface area (Å²) in [4.78, 5) is 15.4. The van der Waals surface area contributed by atoms with Crippen LogP contribution in [0.1, 0.15) is 127 Å². The first-order chi connectivity index (χ1) is 47.8. The number of rotatable bonds is 16. The topological polar surface area (TPSA) is 510 Å². The standard InChI is InChI=1S/C69H112O33/c1-26-38(73)44(79)49(84)59(93-26)99-53-32(21-70)95-57(51(86)46(53)81)91-24-33-42(77)45(80)50(85)60(97-33)102-63(88)69-18-16-64(3,4)20-29(69)28-10-11-36-66(7)14-13-37(65(5,6)35(66)12-15-68(36,9)67(28,8)17-19-69)98-62-55(41(76)31(72)23-90-62)101-61-52(87)54(39(74)27(2)94-61)100-58-48(83)43(78)34(25-92-58)96-56-47(82)40(75)30(71)22-89-56/h10,26-27,29-62,70-87H,11-25H2,1-9H3. The number of aliphatic hydroxyl groups excluding tert-OH is 18. The SMILES string of the molecule is CC1OC(OC2C(CO)OC(OCC3OC(OC(=O)C45CCC(C)(C)CC4C4=CCC6C7(C)CCC(OC8OCC(O)C(O)C8OC8OC(C)C(O)C(OC9OCC(OC%10OCC(O)C(O)C%10O)C(O)C9O)C8O)C(C)(C)C7CCC6(C)C4(C)CC5)C(O)C(O)C3O)C(O)C2O)C(O)C(O)C1O. The van der Waals surface area contributed by atoms with Gasteiger partial charge in [0.25, 0.3) is 0 Å². The summed E-state index contributed by atoms with van der Waals surface area (Å²) in [5, 5.41) is 196. The van der Waals surface area contributed by atoms with Gasteiger partial charge in [-0.2, -0.15) is 0 Å². The molecule has 0 spiro atoms. The Morgan fingerprint density at radius 1 is 0.471 bits per heavy atom. The fourth-order valence-electron chi connectivity index (χ4n) is 19.9. The van der Waals surface area contributed by atoms with Gasteiger partial charge in [0, 0.05) is 0 Å². The van der Waals surface area contributed by atoms with Crippen molar-refractivity contribution in [2.24, 2.45) is 50.2 Å². The highest BCUT2D eigenvalue weighted by atomic mass is 16.8. The summed E-state index contributed by atoms with van der Waals surface area (Å²) in [6.07, 6.45) is -43.2. The minimum Gasteiger partial charge on any atom is -0.432 e. The van der Waals surface area contributed by atoms with E-state index in [0.717, 1.165) is 19.3 Å². The number of allylic oxidation sites excluding steroid dienone is 2. The van der Waals surface area contributed by atoms with Crippen LogP contribution in [0.5, 0.6) is 0 Å². The van der Waals surface area contributed by atoms with E-state index < -0.39 is 245 Å². The van der Waals surface area contributed by atoms with E-state index >= 15 is 4.79 Å². The molecule has 7 heterocycles. The largest absolute Gasteiger partial charge is 0.432 e. The van der Waals surface area contributed by atoms with Crippen molar-refractivity contribution in [1.29, 1.82) is 0 Å². The zero-order valence-corrected chi connectivity index (χ0v) is 59.1. The number of fused-ring (bicyclic) bond motifs is 7. The molecule has 7 saturated heterocycles. The number of carbonyl (C=O) groups is 1. The summed E-state index contributed by atoms with van der Waals surface area (Å²) >= 11 is 0. The molecule has 0 radical (unpaired) electrons. The van der Waals surface area contributed by atoms with E-state index in [0.29, 0.717) is 44.9 Å². The molecule has 7 aliphatic heterocycles. The number of esters is 1. The maximum atomic E-state index is 15.4. The minimum absolute atomic E-state index is 0.0808. The van der Waals surface area contributed by atoms with Gasteiger partial charge in [-0.15, -0.1) is 0 Å². The molecule has 18 N–H and O–H groups in total.